The molecule has 2 aromatic rings. The number of anilines is 1. The summed E-state index contributed by atoms with van der Waals surface area (Å²) in [6, 6.07) is 9.85. The van der Waals surface area contributed by atoms with Crippen molar-refractivity contribution in [2.75, 3.05) is 25.1 Å². The van der Waals surface area contributed by atoms with Crippen molar-refractivity contribution >= 4 is 29.2 Å². The zero-order chi connectivity index (χ0) is 17.8. The van der Waals surface area contributed by atoms with Crippen LogP contribution in [0.5, 0.6) is 11.5 Å². The van der Waals surface area contributed by atoms with E-state index in [9.17, 15) is 9.59 Å². The van der Waals surface area contributed by atoms with Crippen molar-refractivity contribution in [3.63, 3.8) is 0 Å². The molecule has 1 aliphatic rings. The molecule has 0 spiro atoms. The number of fused-ring (bicyclic) bond motifs is 1. The van der Waals surface area contributed by atoms with Crippen molar-refractivity contribution < 1.29 is 23.8 Å². The number of nitrogens with one attached hydrogen (secondary N) is 1. The summed E-state index contributed by atoms with van der Waals surface area (Å²) >= 11 is 5.87. The quantitative estimate of drug-likeness (QED) is 0.846. The van der Waals surface area contributed by atoms with Crippen molar-refractivity contribution in [1.29, 1.82) is 0 Å². The number of hydrogen-bond donors (Lipinski definition) is 1. The highest BCUT2D eigenvalue weighted by molar-refractivity contribution is 6.30. The molecule has 1 N–H and O–H groups in total. The Labute approximate surface area is 149 Å². The number of hydrogen-bond acceptors (Lipinski definition) is 5. The van der Waals surface area contributed by atoms with Crippen LogP contribution in [0.3, 0.4) is 0 Å². The minimum atomic E-state index is -0.611. The highest BCUT2D eigenvalue weighted by Gasteiger charge is 2.16. The van der Waals surface area contributed by atoms with Gasteiger partial charge in [0.2, 0.25) is 0 Å². The largest absolute Gasteiger partial charge is 0.486 e. The van der Waals surface area contributed by atoms with E-state index in [0.29, 0.717) is 41.0 Å². The zero-order valence-electron chi connectivity index (χ0n) is 13.5. The molecule has 0 saturated heterocycles. The average molecular weight is 362 g/mol. The fraction of sp³-hybridized carbons (Fsp3) is 0.222. The summed E-state index contributed by atoms with van der Waals surface area (Å²) in [5, 5.41) is 3.26. The Morgan fingerprint density at radius 3 is 2.64 bits per heavy atom. The van der Waals surface area contributed by atoms with Gasteiger partial charge in [0.1, 0.15) is 13.2 Å². The van der Waals surface area contributed by atoms with E-state index in [-0.39, 0.29) is 0 Å². The average Bonchev–Trinajstić information content (AvgIpc) is 2.61. The first-order chi connectivity index (χ1) is 12.0. The first kappa shape index (κ1) is 17.1. The lowest BCUT2D eigenvalue weighted by molar-refractivity contribution is -0.119. The van der Waals surface area contributed by atoms with E-state index in [1.165, 1.54) is 6.07 Å². The summed E-state index contributed by atoms with van der Waals surface area (Å²) in [4.78, 5) is 24.0. The van der Waals surface area contributed by atoms with E-state index in [1.54, 1.807) is 30.3 Å². The number of carbonyl (C=O) groups excluding carboxylic acids is 2. The molecule has 1 amide bonds. The van der Waals surface area contributed by atoms with Gasteiger partial charge in [-0.25, -0.2) is 4.79 Å². The minimum absolute atomic E-state index is 0.291. The molecule has 0 atom stereocenters. The van der Waals surface area contributed by atoms with Crippen LogP contribution in [0.15, 0.2) is 36.4 Å². The number of amides is 1. The molecule has 0 radical (unpaired) electrons. The molecule has 25 heavy (non-hydrogen) atoms. The van der Waals surface area contributed by atoms with Gasteiger partial charge in [-0.05, 0) is 48.9 Å². The smallest absolute Gasteiger partial charge is 0.338 e. The number of ether oxygens (including phenoxy) is 3. The predicted molar refractivity (Wildman–Crippen MR) is 92.5 cm³/mol. The third-order valence-electron chi connectivity index (χ3n) is 3.57. The predicted octanol–water partition coefficient (Wildman–Crippen LogP) is 3.22. The number of aryl methyl sites for hydroxylation is 1. The van der Waals surface area contributed by atoms with Gasteiger partial charge in [0.05, 0.1) is 5.56 Å². The second kappa shape index (κ2) is 7.44. The van der Waals surface area contributed by atoms with E-state index in [0.717, 1.165) is 5.56 Å². The van der Waals surface area contributed by atoms with Crippen molar-refractivity contribution in [2.24, 2.45) is 0 Å². The summed E-state index contributed by atoms with van der Waals surface area (Å²) in [7, 11) is 0. The molecular weight excluding hydrogens is 346 g/mol. The minimum Gasteiger partial charge on any atom is -0.486 e. The third-order valence-corrected chi connectivity index (χ3v) is 3.81. The van der Waals surface area contributed by atoms with E-state index in [1.807, 2.05) is 6.92 Å². The first-order valence-corrected chi connectivity index (χ1v) is 8.03. The second-order valence-electron chi connectivity index (χ2n) is 5.44. The number of carbonyl (C=O) groups is 2. The number of esters is 1. The second-order valence-corrected chi connectivity index (χ2v) is 5.88. The van der Waals surface area contributed by atoms with Gasteiger partial charge in [0.15, 0.2) is 18.1 Å². The van der Waals surface area contributed by atoms with Crippen LogP contribution in [-0.2, 0) is 9.53 Å². The standard InChI is InChI=1S/C18H16ClNO5/c1-11-8-13(19)3-4-14(11)20-17(21)10-25-18(22)12-2-5-15-16(9-12)24-7-6-23-15/h2-5,8-9H,6-7,10H2,1H3,(H,20,21). The lowest BCUT2D eigenvalue weighted by Crippen LogP contribution is -2.21. The summed E-state index contributed by atoms with van der Waals surface area (Å²) in [6.45, 7) is 2.33. The fourth-order valence-electron chi connectivity index (χ4n) is 2.34. The Hall–Kier alpha value is -2.73. The molecule has 1 aliphatic heterocycles. The molecule has 0 unspecified atom stereocenters. The molecule has 130 valence electrons. The number of benzene rings is 2. The SMILES string of the molecule is Cc1cc(Cl)ccc1NC(=O)COC(=O)c1ccc2c(c1)OCCO2. The van der Waals surface area contributed by atoms with Gasteiger partial charge in [-0.1, -0.05) is 11.6 Å². The van der Waals surface area contributed by atoms with Crippen LogP contribution < -0.4 is 14.8 Å². The summed E-state index contributed by atoms with van der Waals surface area (Å²) < 4.78 is 15.9. The first-order valence-electron chi connectivity index (χ1n) is 7.66. The van der Waals surface area contributed by atoms with E-state index < -0.39 is 18.5 Å². The van der Waals surface area contributed by atoms with Gasteiger partial charge < -0.3 is 19.5 Å². The molecule has 6 nitrogen and oxygen atoms in total. The Kier molecular flexibility index (Phi) is 5.09. The van der Waals surface area contributed by atoms with E-state index >= 15 is 0 Å². The van der Waals surface area contributed by atoms with Crippen LogP contribution in [0, 0.1) is 6.92 Å². The van der Waals surface area contributed by atoms with Crippen LogP contribution in [0.25, 0.3) is 0 Å². The third kappa shape index (κ3) is 4.22. The summed E-state index contributed by atoms with van der Waals surface area (Å²) in [6.07, 6.45) is 0. The van der Waals surface area contributed by atoms with E-state index in [2.05, 4.69) is 5.32 Å². The maximum absolute atomic E-state index is 12.1. The molecule has 7 heteroatoms. The Bertz CT molecular complexity index is 821. The molecule has 1 heterocycles. The Morgan fingerprint density at radius 2 is 1.88 bits per heavy atom. The lowest BCUT2D eigenvalue weighted by Gasteiger charge is -2.18. The van der Waals surface area contributed by atoms with Crippen molar-refractivity contribution in [3.8, 4) is 11.5 Å². The molecule has 3 rings (SSSR count). The van der Waals surface area contributed by atoms with Crippen LogP contribution in [-0.4, -0.2) is 31.7 Å². The molecule has 0 bridgehead atoms. The van der Waals surface area contributed by atoms with Crippen molar-refractivity contribution in [2.45, 2.75) is 6.92 Å². The molecule has 0 aromatic heterocycles. The van der Waals surface area contributed by atoms with Crippen LogP contribution >= 0.6 is 11.6 Å². The van der Waals surface area contributed by atoms with Crippen LogP contribution in [0.4, 0.5) is 5.69 Å². The maximum atomic E-state index is 12.1. The lowest BCUT2D eigenvalue weighted by atomic mass is 10.2. The Balaban J connectivity index is 1.57. The zero-order valence-corrected chi connectivity index (χ0v) is 14.3. The maximum Gasteiger partial charge on any atom is 0.338 e. The van der Waals surface area contributed by atoms with E-state index in [4.69, 9.17) is 25.8 Å². The molecular formula is C18H16ClNO5. The topological polar surface area (TPSA) is 73.9 Å². The molecule has 2 aromatic carbocycles. The normalized spacial score (nSPS) is 12.4. The highest BCUT2D eigenvalue weighted by Crippen LogP contribution is 2.30. The molecule has 0 saturated carbocycles. The number of halogens is 1. The highest BCUT2D eigenvalue weighted by atomic mass is 35.5. The van der Waals surface area contributed by atoms with Gasteiger partial charge in [-0.15, -0.1) is 0 Å². The monoisotopic (exact) mass is 361 g/mol. The van der Waals surface area contributed by atoms with Crippen molar-refractivity contribution in [1.82, 2.24) is 0 Å². The fourth-order valence-corrected chi connectivity index (χ4v) is 2.57. The number of rotatable bonds is 4. The van der Waals surface area contributed by atoms with Crippen LogP contribution in [0.2, 0.25) is 5.02 Å². The van der Waals surface area contributed by atoms with Gasteiger partial charge in [-0.3, -0.25) is 4.79 Å². The van der Waals surface area contributed by atoms with Crippen LogP contribution in [0.1, 0.15) is 15.9 Å². The van der Waals surface area contributed by atoms with Gasteiger partial charge in [0.25, 0.3) is 5.91 Å². The van der Waals surface area contributed by atoms with Gasteiger partial charge in [0, 0.05) is 10.7 Å². The Morgan fingerprint density at radius 1 is 1.12 bits per heavy atom. The molecule has 0 fully saturated rings. The van der Waals surface area contributed by atoms with Gasteiger partial charge in [-0.2, -0.15) is 0 Å². The summed E-state index contributed by atoms with van der Waals surface area (Å²) in [5.41, 5.74) is 1.73. The van der Waals surface area contributed by atoms with Crippen molar-refractivity contribution in [3.05, 3.63) is 52.5 Å². The molecule has 0 aliphatic carbocycles. The summed E-state index contributed by atoms with van der Waals surface area (Å²) in [5.74, 6) is 0.0250. The van der Waals surface area contributed by atoms with Gasteiger partial charge >= 0.3 is 5.97 Å².